The average Bonchev–Trinajstić information content (AvgIpc) is 2.38. The Balaban J connectivity index is 2.13. The Kier molecular flexibility index (Phi) is 4.54. The number of thioether (sulfide) groups is 1. The summed E-state index contributed by atoms with van der Waals surface area (Å²) in [5.74, 6) is 0.573. The second-order valence-electron chi connectivity index (χ2n) is 4.44. The molecule has 18 heavy (non-hydrogen) atoms. The van der Waals surface area contributed by atoms with Crippen LogP contribution in [0.1, 0.15) is 36.0 Å². The first-order valence-electron chi connectivity index (χ1n) is 6.03. The molecule has 98 valence electrons. The monoisotopic (exact) mass is 267 g/mol. The molecule has 0 unspecified atom stereocenters. The van der Waals surface area contributed by atoms with E-state index in [2.05, 4.69) is 15.3 Å². The van der Waals surface area contributed by atoms with Crippen molar-refractivity contribution in [2.24, 2.45) is 0 Å². The molecular weight excluding hydrogens is 250 g/mol. The molecule has 2 rings (SSSR count). The van der Waals surface area contributed by atoms with E-state index in [0.717, 1.165) is 25.5 Å². The zero-order chi connectivity index (χ0) is 13.0. The summed E-state index contributed by atoms with van der Waals surface area (Å²) in [6.45, 7) is 0. The zero-order valence-electron chi connectivity index (χ0n) is 10.3. The van der Waals surface area contributed by atoms with Crippen LogP contribution in [-0.4, -0.2) is 39.8 Å². The third kappa shape index (κ3) is 3.20. The summed E-state index contributed by atoms with van der Waals surface area (Å²) in [5.41, 5.74) is 0.466. The maximum Gasteiger partial charge on any atom is 0.189 e. The molecule has 1 aliphatic rings. The molecule has 1 heterocycles. The van der Waals surface area contributed by atoms with Crippen LogP contribution < -0.4 is 5.32 Å². The number of carbonyl (C=O) groups is 1. The van der Waals surface area contributed by atoms with E-state index >= 15 is 0 Å². The molecule has 0 aliphatic heterocycles. The maximum atomic E-state index is 11.0. The van der Waals surface area contributed by atoms with Crippen LogP contribution in [0.5, 0.6) is 0 Å². The Bertz CT molecular complexity index is 428. The van der Waals surface area contributed by atoms with Gasteiger partial charge in [-0.2, -0.15) is 0 Å². The lowest BCUT2D eigenvalue weighted by Gasteiger charge is -2.27. The standard InChI is InChI=1S/C12H17N3O2S/c1-18-12-13-6-8(7-16)11(15-12)14-9-3-2-4-10(17)5-9/h6-7,9-10,17H,2-5H2,1H3,(H,13,14,15)/t9-,10-/m1/s1. The van der Waals surface area contributed by atoms with E-state index in [1.807, 2.05) is 6.26 Å². The van der Waals surface area contributed by atoms with E-state index < -0.39 is 0 Å². The van der Waals surface area contributed by atoms with Crippen molar-refractivity contribution in [3.8, 4) is 0 Å². The highest BCUT2D eigenvalue weighted by atomic mass is 32.2. The molecule has 0 aromatic carbocycles. The zero-order valence-corrected chi connectivity index (χ0v) is 11.1. The predicted octanol–water partition coefficient (Wildman–Crippen LogP) is 1.73. The fourth-order valence-electron chi connectivity index (χ4n) is 2.16. The highest BCUT2D eigenvalue weighted by Gasteiger charge is 2.21. The number of rotatable bonds is 4. The number of hydrogen-bond acceptors (Lipinski definition) is 6. The minimum Gasteiger partial charge on any atom is -0.393 e. The molecule has 1 aromatic rings. The lowest BCUT2D eigenvalue weighted by atomic mass is 9.93. The topological polar surface area (TPSA) is 75.1 Å². The molecule has 1 saturated carbocycles. The summed E-state index contributed by atoms with van der Waals surface area (Å²) in [6.07, 6.45) is 7.49. The number of aldehydes is 1. The predicted molar refractivity (Wildman–Crippen MR) is 71.1 cm³/mol. The van der Waals surface area contributed by atoms with E-state index in [0.29, 0.717) is 23.0 Å². The number of aliphatic hydroxyl groups is 1. The van der Waals surface area contributed by atoms with Crippen molar-refractivity contribution in [1.29, 1.82) is 0 Å². The molecule has 6 heteroatoms. The summed E-state index contributed by atoms with van der Waals surface area (Å²) < 4.78 is 0. The SMILES string of the molecule is CSc1ncc(C=O)c(N[C@@H]2CCC[C@@H](O)C2)n1. The van der Waals surface area contributed by atoms with Crippen LogP contribution >= 0.6 is 11.8 Å². The van der Waals surface area contributed by atoms with E-state index in [1.54, 1.807) is 0 Å². The van der Waals surface area contributed by atoms with Gasteiger partial charge in [0.25, 0.3) is 0 Å². The lowest BCUT2D eigenvalue weighted by Crippen LogP contribution is -2.30. The summed E-state index contributed by atoms with van der Waals surface area (Å²) >= 11 is 1.44. The summed E-state index contributed by atoms with van der Waals surface area (Å²) in [6, 6.07) is 0.178. The molecule has 1 aliphatic carbocycles. The van der Waals surface area contributed by atoms with Crippen molar-refractivity contribution < 1.29 is 9.90 Å². The van der Waals surface area contributed by atoms with Crippen LogP contribution in [0.25, 0.3) is 0 Å². The number of anilines is 1. The molecule has 2 N–H and O–H groups in total. The number of nitrogens with zero attached hydrogens (tertiary/aromatic N) is 2. The van der Waals surface area contributed by atoms with Gasteiger partial charge in [-0.1, -0.05) is 11.8 Å². The van der Waals surface area contributed by atoms with Crippen molar-refractivity contribution in [3.63, 3.8) is 0 Å². The Hall–Kier alpha value is -1.14. The molecule has 0 radical (unpaired) electrons. The lowest BCUT2D eigenvalue weighted by molar-refractivity contribution is 0.112. The van der Waals surface area contributed by atoms with Crippen molar-refractivity contribution in [2.45, 2.75) is 43.0 Å². The van der Waals surface area contributed by atoms with Crippen molar-refractivity contribution in [3.05, 3.63) is 11.8 Å². The smallest absolute Gasteiger partial charge is 0.189 e. The van der Waals surface area contributed by atoms with Crippen molar-refractivity contribution in [1.82, 2.24) is 9.97 Å². The molecule has 0 spiro atoms. The number of hydrogen-bond donors (Lipinski definition) is 2. The molecule has 5 nitrogen and oxygen atoms in total. The minimum absolute atomic E-state index is 0.178. The van der Waals surface area contributed by atoms with Crippen molar-refractivity contribution in [2.75, 3.05) is 11.6 Å². The third-order valence-electron chi connectivity index (χ3n) is 3.09. The highest BCUT2D eigenvalue weighted by Crippen LogP contribution is 2.23. The normalized spacial score (nSPS) is 23.7. The van der Waals surface area contributed by atoms with Crippen LogP contribution in [0.4, 0.5) is 5.82 Å². The molecule has 0 saturated heterocycles. The van der Waals surface area contributed by atoms with Crippen LogP contribution in [0.2, 0.25) is 0 Å². The Morgan fingerprint density at radius 3 is 3.06 bits per heavy atom. The van der Waals surface area contributed by atoms with Gasteiger partial charge in [-0.3, -0.25) is 4.79 Å². The number of aliphatic hydroxyl groups excluding tert-OH is 1. The van der Waals surface area contributed by atoms with E-state index in [-0.39, 0.29) is 12.1 Å². The maximum absolute atomic E-state index is 11.0. The quantitative estimate of drug-likeness (QED) is 0.491. The van der Waals surface area contributed by atoms with Crippen LogP contribution in [0.3, 0.4) is 0 Å². The van der Waals surface area contributed by atoms with Gasteiger partial charge >= 0.3 is 0 Å². The van der Waals surface area contributed by atoms with E-state index in [4.69, 9.17) is 0 Å². The molecule has 1 fully saturated rings. The fraction of sp³-hybridized carbons (Fsp3) is 0.583. The Morgan fingerprint density at radius 1 is 1.56 bits per heavy atom. The van der Waals surface area contributed by atoms with Crippen LogP contribution in [0, 0.1) is 0 Å². The largest absolute Gasteiger partial charge is 0.393 e. The van der Waals surface area contributed by atoms with Gasteiger partial charge in [0.2, 0.25) is 0 Å². The second-order valence-corrected chi connectivity index (χ2v) is 5.21. The third-order valence-corrected chi connectivity index (χ3v) is 3.65. The van der Waals surface area contributed by atoms with Gasteiger partial charge in [-0.15, -0.1) is 0 Å². The van der Waals surface area contributed by atoms with Crippen LogP contribution in [0.15, 0.2) is 11.4 Å². The van der Waals surface area contributed by atoms with Crippen LogP contribution in [-0.2, 0) is 0 Å². The Labute approximate surface area is 110 Å². The minimum atomic E-state index is -0.252. The fourth-order valence-corrected chi connectivity index (χ4v) is 2.50. The average molecular weight is 267 g/mol. The molecule has 2 atom stereocenters. The molecule has 0 amide bonds. The van der Waals surface area contributed by atoms with E-state index in [9.17, 15) is 9.90 Å². The number of aromatic nitrogens is 2. The van der Waals surface area contributed by atoms with Gasteiger partial charge in [-0.05, 0) is 31.9 Å². The van der Waals surface area contributed by atoms with E-state index in [1.165, 1.54) is 18.0 Å². The first kappa shape index (κ1) is 13.3. The molecular formula is C12H17N3O2S. The van der Waals surface area contributed by atoms with Gasteiger partial charge in [0.15, 0.2) is 11.4 Å². The molecule has 0 bridgehead atoms. The van der Waals surface area contributed by atoms with Crippen molar-refractivity contribution >= 4 is 23.9 Å². The Morgan fingerprint density at radius 2 is 2.39 bits per heavy atom. The summed E-state index contributed by atoms with van der Waals surface area (Å²) in [4.78, 5) is 19.3. The second kappa shape index (κ2) is 6.15. The summed E-state index contributed by atoms with van der Waals surface area (Å²) in [7, 11) is 0. The van der Waals surface area contributed by atoms with Gasteiger partial charge in [0.05, 0.1) is 11.7 Å². The first-order valence-corrected chi connectivity index (χ1v) is 7.26. The molecule has 1 aromatic heterocycles. The summed E-state index contributed by atoms with van der Waals surface area (Å²) in [5, 5.41) is 13.5. The highest BCUT2D eigenvalue weighted by molar-refractivity contribution is 7.98. The first-order chi connectivity index (χ1) is 8.72. The van der Waals surface area contributed by atoms with Gasteiger partial charge in [0.1, 0.15) is 5.82 Å². The number of carbonyl (C=O) groups excluding carboxylic acids is 1. The van der Waals surface area contributed by atoms with Gasteiger partial charge in [0, 0.05) is 12.2 Å². The van der Waals surface area contributed by atoms with Gasteiger partial charge in [-0.25, -0.2) is 9.97 Å². The number of nitrogens with one attached hydrogen (secondary N) is 1. The van der Waals surface area contributed by atoms with Gasteiger partial charge < -0.3 is 10.4 Å².